The van der Waals surface area contributed by atoms with Crippen molar-refractivity contribution in [1.82, 2.24) is 9.80 Å². The number of likely N-dealkylation sites (N-methyl/N-ethyl adjacent to an activating group) is 1. The molecule has 0 spiro atoms. The van der Waals surface area contributed by atoms with E-state index >= 15 is 0 Å². The highest BCUT2D eigenvalue weighted by Crippen LogP contribution is 2.32. The van der Waals surface area contributed by atoms with Crippen LogP contribution in [0.2, 0.25) is 0 Å². The van der Waals surface area contributed by atoms with Crippen LogP contribution in [0.25, 0.3) is 0 Å². The van der Waals surface area contributed by atoms with Gasteiger partial charge in [-0.05, 0) is 45.4 Å². The average molecular weight is 279 g/mol. The van der Waals surface area contributed by atoms with E-state index in [2.05, 4.69) is 4.90 Å². The zero-order valence-corrected chi connectivity index (χ0v) is 12.8. The molecule has 2 heterocycles. The fraction of sp³-hybridized carbons (Fsp3) is 0.667. The van der Waals surface area contributed by atoms with E-state index < -0.39 is 0 Å². The van der Waals surface area contributed by atoms with Gasteiger partial charge in [0.15, 0.2) is 0 Å². The molecule has 1 fully saturated rings. The molecule has 1 aromatic rings. The predicted octanol–water partition coefficient (Wildman–Crippen LogP) is 1.53. The topological polar surface area (TPSA) is 62.7 Å². The van der Waals surface area contributed by atoms with Gasteiger partial charge in [0.25, 0.3) is 0 Å². The summed E-state index contributed by atoms with van der Waals surface area (Å²) in [7, 11) is 3.60. The number of carbonyl (C=O) groups is 1. The second-order valence-corrected chi connectivity index (χ2v) is 5.88. The van der Waals surface area contributed by atoms with Crippen LogP contribution in [0, 0.1) is 6.92 Å². The van der Waals surface area contributed by atoms with Gasteiger partial charge < -0.3 is 15.1 Å². The van der Waals surface area contributed by atoms with Crippen LogP contribution in [0.1, 0.15) is 37.3 Å². The van der Waals surface area contributed by atoms with E-state index in [9.17, 15) is 4.79 Å². The highest BCUT2D eigenvalue weighted by Gasteiger charge is 2.39. The number of likely N-dealkylation sites (tertiary alicyclic amines) is 1. The Labute approximate surface area is 120 Å². The number of rotatable bonds is 4. The number of nitrogens with zero attached hydrogens (tertiary/aromatic N) is 2. The number of furan rings is 1. The van der Waals surface area contributed by atoms with Crippen molar-refractivity contribution in [3.05, 3.63) is 23.7 Å². The number of nitrogens with two attached hydrogens (primary N) is 1. The van der Waals surface area contributed by atoms with Crippen molar-refractivity contribution in [2.45, 2.75) is 44.8 Å². The Hall–Kier alpha value is -1.33. The monoisotopic (exact) mass is 279 g/mol. The second kappa shape index (κ2) is 5.97. The van der Waals surface area contributed by atoms with Gasteiger partial charge >= 0.3 is 0 Å². The summed E-state index contributed by atoms with van der Waals surface area (Å²) in [4.78, 5) is 16.2. The molecule has 0 saturated carbocycles. The third-order valence-corrected chi connectivity index (χ3v) is 3.93. The van der Waals surface area contributed by atoms with E-state index in [0.29, 0.717) is 0 Å². The van der Waals surface area contributed by atoms with Crippen LogP contribution in [0.3, 0.4) is 0 Å². The lowest BCUT2D eigenvalue weighted by molar-refractivity contribution is -0.134. The minimum absolute atomic E-state index is 0.0416. The summed E-state index contributed by atoms with van der Waals surface area (Å²) in [6.07, 6.45) is 1.91. The Bertz CT molecular complexity index is 467. The minimum Gasteiger partial charge on any atom is -0.465 e. The normalized spacial score (nSPS) is 22.8. The van der Waals surface area contributed by atoms with Gasteiger partial charge in [0.1, 0.15) is 11.5 Å². The van der Waals surface area contributed by atoms with E-state index in [0.717, 1.165) is 30.9 Å². The van der Waals surface area contributed by atoms with Gasteiger partial charge in [-0.1, -0.05) is 0 Å². The van der Waals surface area contributed by atoms with Crippen molar-refractivity contribution in [1.29, 1.82) is 0 Å². The smallest absolute Gasteiger partial charge is 0.239 e. The first-order valence-electron chi connectivity index (χ1n) is 7.20. The predicted molar refractivity (Wildman–Crippen MR) is 78.3 cm³/mol. The van der Waals surface area contributed by atoms with Gasteiger partial charge in [-0.25, -0.2) is 0 Å². The summed E-state index contributed by atoms with van der Waals surface area (Å²) in [5.41, 5.74) is 6.17. The molecule has 1 aromatic heterocycles. The molecule has 5 heteroatoms. The van der Waals surface area contributed by atoms with Crippen molar-refractivity contribution in [2.75, 3.05) is 20.6 Å². The van der Waals surface area contributed by atoms with Gasteiger partial charge in [0, 0.05) is 20.1 Å². The molecule has 2 N–H and O–H groups in total. The summed E-state index contributed by atoms with van der Waals surface area (Å²) in [6.45, 7) is 4.78. The molecular formula is C15H25N3O2. The first-order chi connectivity index (χ1) is 9.41. The third kappa shape index (κ3) is 2.88. The van der Waals surface area contributed by atoms with Crippen LogP contribution in [0.15, 0.2) is 16.5 Å². The summed E-state index contributed by atoms with van der Waals surface area (Å²) in [5, 5.41) is 0. The molecule has 0 aliphatic carbocycles. The highest BCUT2D eigenvalue weighted by molar-refractivity contribution is 5.81. The van der Waals surface area contributed by atoms with Gasteiger partial charge in [0.05, 0.1) is 12.1 Å². The maximum atomic E-state index is 12.3. The lowest BCUT2D eigenvalue weighted by atomic mass is 10.0. The third-order valence-electron chi connectivity index (χ3n) is 3.93. The van der Waals surface area contributed by atoms with E-state index in [1.165, 1.54) is 0 Å². The first-order valence-corrected chi connectivity index (χ1v) is 7.20. The Balaban J connectivity index is 2.27. The van der Waals surface area contributed by atoms with Crippen LogP contribution >= 0.6 is 0 Å². The van der Waals surface area contributed by atoms with E-state index in [-0.39, 0.29) is 24.0 Å². The van der Waals surface area contributed by atoms with E-state index in [1.54, 1.807) is 19.0 Å². The Morgan fingerprint density at radius 2 is 2.20 bits per heavy atom. The highest BCUT2D eigenvalue weighted by atomic mass is 16.3. The maximum Gasteiger partial charge on any atom is 0.239 e. The molecule has 0 aromatic carbocycles. The number of hydrogen-bond donors (Lipinski definition) is 1. The molecular weight excluding hydrogens is 254 g/mol. The standard InChI is InChI=1S/C15H25N3O2/c1-10-7-8-13(20-10)14(11(2)16)18-9-5-6-12(18)15(19)17(3)4/h7-8,11-12,14H,5-6,9,16H2,1-4H3. The van der Waals surface area contributed by atoms with Crippen LogP contribution in [-0.2, 0) is 4.79 Å². The molecule has 1 aliphatic heterocycles. The van der Waals surface area contributed by atoms with Crippen LogP contribution < -0.4 is 5.73 Å². The molecule has 112 valence electrons. The van der Waals surface area contributed by atoms with Gasteiger partial charge in [-0.15, -0.1) is 0 Å². The van der Waals surface area contributed by atoms with Gasteiger partial charge in [-0.3, -0.25) is 9.69 Å². The lowest BCUT2D eigenvalue weighted by Gasteiger charge is -2.34. The summed E-state index contributed by atoms with van der Waals surface area (Å²) < 4.78 is 5.76. The number of hydrogen-bond acceptors (Lipinski definition) is 4. The zero-order chi connectivity index (χ0) is 14.9. The molecule has 0 bridgehead atoms. The summed E-state index contributed by atoms with van der Waals surface area (Å²) in [6, 6.07) is 3.70. The molecule has 1 amide bonds. The number of amides is 1. The molecule has 3 unspecified atom stereocenters. The molecule has 0 radical (unpaired) electrons. The maximum absolute atomic E-state index is 12.3. The van der Waals surface area contributed by atoms with Crippen molar-refractivity contribution in [3.8, 4) is 0 Å². The zero-order valence-electron chi connectivity index (χ0n) is 12.8. The van der Waals surface area contributed by atoms with E-state index in [4.69, 9.17) is 10.2 Å². The first kappa shape index (κ1) is 15.1. The Morgan fingerprint density at radius 1 is 1.50 bits per heavy atom. The number of aryl methyl sites for hydroxylation is 1. The van der Waals surface area contributed by atoms with Crippen molar-refractivity contribution in [2.24, 2.45) is 5.73 Å². The molecule has 3 atom stereocenters. The molecule has 20 heavy (non-hydrogen) atoms. The van der Waals surface area contributed by atoms with Gasteiger partial charge in [-0.2, -0.15) is 0 Å². The van der Waals surface area contributed by atoms with E-state index in [1.807, 2.05) is 26.0 Å². The summed E-state index contributed by atoms with van der Waals surface area (Å²) in [5.74, 6) is 1.88. The molecule has 5 nitrogen and oxygen atoms in total. The second-order valence-electron chi connectivity index (χ2n) is 5.88. The number of carbonyl (C=O) groups excluding carboxylic acids is 1. The summed E-state index contributed by atoms with van der Waals surface area (Å²) >= 11 is 0. The average Bonchev–Trinajstić information content (AvgIpc) is 2.98. The fourth-order valence-corrected chi connectivity index (χ4v) is 3.02. The van der Waals surface area contributed by atoms with Crippen molar-refractivity contribution in [3.63, 3.8) is 0 Å². The van der Waals surface area contributed by atoms with Crippen LogP contribution in [0.5, 0.6) is 0 Å². The lowest BCUT2D eigenvalue weighted by Crippen LogP contribution is -2.48. The van der Waals surface area contributed by atoms with Crippen LogP contribution in [-0.4, -0.2) is 48.4 Å². The van der Waals surface area contributed by atoms with Crippen LogP contribution in [0.4, 0.5) is 0 Å². The largest absolute Gasteiger partial charge is 0.465 e. The Kier molecular flexibility index (Phi) is 4.50. The Morgan fingerprint density at radius 3 is 2.70 bits per heavy atom. The van der Waals surface area contributed by atoms with Gasteiger partial charge in [0.2, 0.25) is 5.91 Å². The molecule has 1 aliphatic rings. The fourth-order valence-electron chi connectivity index (χ4n) is 3.02. The SMILES string of the molecule is Cc1ccc(C(C(C)N)N2CCCC2C(=O)N(C)C)o1. The minimum atomic E-state index is -0.0913. The van der Waals surface area contributed by atoms with Crippen molar-refractivity contribution >= 4 is 5.91 Å². The molecule has 2 rings (SSSR count). The molecule has 1 saturated heterocycles. The quantitative estimate of drug-likeness (QED) is 0.908. The van der Waals surface area contributed by atoms with Crippen molar-refractivity contribution < 1.29 is 9.21 Å².